The van der Waals surface area contributed by atoms with Crippen molar-refractivity contribution in [3.8, 4) is 0 Å². The Morgan fingerprint density at radius 3 is 2.73 bits per heavy atom. The maximum absolute atomic E-state index is 13.8. The van der Waals surface area contributed by atoms with Crippen LogP contribution in [0.15, 0.2) is 48.7 Å². The van der Waals surface area contributed by atoms with Gasteiger partial charge in [-0.05, 0) is 42.3 Å². The Bertz CT molecular complexity index is 1040. The van der Waals surface area contributed by atoms with E-state index in [1.165, 1.54) is 6.07 Å². The maximum atomic E-state index is 13.8. The van der Waals surface area contributed by atoms with Crippen molar-refractivity contribution in [1.82, 2.24) is 9.88 Å². The van der Waals surface area contributed by atoms with E-state index in [1.54, 1.807) is 4.90 Å². The topological polar surface area (TPSA) is 36.1 Å². The third-order valence-electron chi connectivity index (χ3n) is 4.65. The van der Waals surface area contributed by atoms with Crippen molar-refractivity contribution in [1.29, 1.82) is 0 Å². The van der Waals surface area contributed by atoms with Crippen molar-refractivity contribution in [3.05, 3.63) is 76.5 Å². The number of halogens is 3. The molecule has 1 N–H and O–H groups in total. The van der Waals surface area contributed by atoms with E-state index < -0.39 is 17.5 Å². The number of aromatic nitrogens is 1. The number of H-pyrrole nitrogens is 1. The number of amides is 1. The molecule has 132 valence electrons. The lowest BCUT2D eigenvalue weighted by molar-refractivity contribution is 0.0768. The molecule has 1 amide bonds. The van der Waals surface area contributed by atoms with E-state index in [4.69, 9.17) is 11.6 Å². The first kappa shape index (κ1) is 16.8. The SMILES string of the molecule is O=C(c1ccc(F)cc1F)N1CC=C(c2c[nH]c3ccc(Cl)cc23)CC1. The lowest BCUT2D eigenvalue weighted by Gasteiger charge is -2.26. The summed E-state index contributed by atoms with van der Waals surface area (Å²) in [6, 6.07) is 8.68. The van der Waals surface area contributed by atoms with Gasteiger partial charge in [-0.2, -0.15) is 0 Å². The van der Waals surface area contributed by atoms with Crippen LogP contribution in [0.3, 0.4) is 0 Å². The summed E-state index contributed by atoms with van der Waals surface area (Å²) >= 11 is 6.10. The minimum atomic E-state index is -0.837. The number of aromatic amines is 1. The van der Waals surface area contributed by atoms with Crippen molar-refractivity contribution in [2.45, 2.75) is 6.42 Å². The second-order valence-electron chi connectivity index (χ2n) is 6.25. The molecule has 0 spiro atoms. The molecule has 3 aromatic rings. The fourth-order valence-corrected chi connectivity index (χ4v) is 3.46. The second kappa shape index (κ2) is 6.57. The van der Waals surface area contributed by atoms with E-state index in [1.807, 2.05) is 30.5 Å². The molecule has 0 fully saturated rings. The summed E-state index contributed by atoms with van der Waals surface area (Å²) < 4.78 is 26.9. The first-order valence-corrected chi connectivity index (χ1v) is 8.61. The van der Waals surface area contributed by atoms with E-state index in [0.29, 0.717) is 24.5 Å². The van der Waals surface area contributed by atoms with Crippen LogP contribution in [0.1, 0.15) is 22.3 Å². The minimum Gasteiger partial charge on any atom is -0.361 e. The zero-order valence-corrected chi connectivity index (χ0v) is 14.5. The number of nitrogens with zero attached hydrogens (tertiary/aromatic N) is 1. The van der Waals surface area contributed by atoms with Gasteiger partial charge in [-0.1, -0.05) is 17.7 Å². The summed E-state index contributed by atoms with van der Waals surface area (Å²) in [5.74, 6) is -1.96. The number of nitrogens with one attached hydrogen (secondary N) is 1. The number of carbonyl (C=O) groups is 1. The fraction of sp³-hybridized carbons (Fsp3) is 0.150. The molecular weight excluding hydrogens is 358 g/mol. The van der Waals surface area contributed by atoms with E-state index >= 15 is 0 Å². The minimum absolute atomic E-state index is 0.109. The highest BCUT2D eigenvalue weighted by Gasteiger charge is 2.23. The quantitative estimate of drug-likeness (QED) is 0.673. The molecule has 0 saturated carbocycles. The van der Waals surface area contributed by atoms with Crippen molar-refractivity contribution >= 4 is 34.0 Å². The zero-order chi connectivity index (χ0) is 18.3. The monoisotopic (exact) mass is 372 g/mol. The van der Waals surface area contributed by atoms with Crippen LogP contribution >= 0.6 is 11.6 Å². The van der Waals surface area contributed by atoms with Crippen molar-refractivity contribution in [3.63, 3.8) is 0 Å². The van der Waals surface area contributed by atoms with Gasteiger partial charge in [0.15, 0.2) is 0 Å². The van der Waals surface area contributed by atoms with Crippen LogP contribution in [0.2, 0.25) is 5.02 Å². The van der Waals surface area contributed by atoms with Gasteiger partial charge in [0.1, 0.15) is 11.6 Å². The summed E-state index contributed by atoms with van der Waals surface area (Å²) in [6.45, 7) is 0.840. The van der Waals surface area contributed by atoms with Crippen LogP contribution in [0.5, 0.6) is 0 Å². The molecule has 26 heavy (non-hydrogen) atoms. The van der Waals surface area contributed by atoms with Crippen molar-refractivity contribution < 1.29 is 13.6 Å². The van der Waals surface area contributed by atoms with Gasteiger partial charge in [-0.3, -0.25) is 4.79 Å². The molecule has 4 rings (SSSR count). The predicted molar refractivity (Wildman–Crippen MR) is 98.2 cm³/mol. The zero-order valence-electron chi connectivity index (χ0n) is 13.7. The van der Waals surface area contributed by atoms with E-state index in [9.17, 15) is 13.6 Å². The normalized spacial score (nSPS) is 14.6. The Labute approximate surface area is 153 Å². The number of benzene rings is 2. The number of carbonyl (C=O) groups excluding carboxylic acids is 1. The fourth-order valence-electron chi connectivity index (χ4n) is 3.29. The van der Waals surface area contributed by atoms with Crippen molar-refractivity contribution in [2.75, 3.05) is 13.1 Å². The van der Waals surface area contributed by atoms with Gasteiger partial charge in [0, 0.05) is 46.8 Å². The lowest BCUT2D eigenvalue weighted by Crippen LogP contribution is -2.35. The average molecular weight is 373 g/mol. The molecule has 0 radical (unpaired) electrons. The molecule has 0 unspecified atom stereocenters. The van der Waals surface area contributed by atoms with Crippen LogP contribution < -0.4 is 0 Å². The molecule has 1 aromatic heterocycles. The van der Waals surface area contributed by atoms with Crippen LogP contribution in [0.25, 0.3) is 16.5 Å². The van der Waals surface area contributed by atoms with Gasteiger partial charge in [0.05, 0.1) is 5.56 Å². The largest absolute Gasteiger partial charge is 0.361 e. The van der Waals surface area contributed by atoms with E-state index in [-0.39, 0.29) is 5.56 Å². The molecule has 0 bridgehead atoms. The van der Waals surface area contributed by atoms with Gasteiger partial charge >= 0.3 is 0 Å². The molecular formula is C20H15ClF2N2O. The number of rotatable bonds is 2. The van der Waals surface area contributed by atoms with Crippen LogP contribution in [0, 0.1) is 11.6 Å². The molecule has 0 saturated heterocycles. The van der Waals surface area contributed by atoms with Gasteiger partial charge in [0.25, 0.3) is 5.91 Å². The highest BCUT2D eigenvalue weighted by Crippen LogP contribution is 2.31. The van der Waals surface area contributed by atoms with E-state index in [0.717, 1.165) is 34.2 Å². The highest BCUT2D eigenvalue weighted by atomic mass is 35.5. The lowest BCUT2D eigenvalue weighted by atomic mass is 9.98. The summed E-state index contributed by atoms with van der Waals surface area (Å²) in [7, 11) is 0. The third-order valence-corrected chi connectivity index (χ3v) is 4.88. The van der Waals surface area contributed by atoms with Crippen LogP contribution in [-0.2, 0) is 0 Å². The maximum Gasteiger partial charge on any atom is 0.257 e. The van der Waals surface area contributed by atoms with Gasteiger partial charge < -0.3 is 9.88 Å². The third kappa shape index (κ3) is 2.99. The van der Waals surface area contributed by atoms with Crippen molar-refractivity contribution in [2.24, 2.45) is 0 Å². The molecule has 1 aliphatic heterocycles. The molecule has 2 aromatic carbocycles. The molecule has 6 heteroatoms. The highest BCUT2D eigenvalue weighted by molar-refractivity contribution is 6.31. The molecule has 2 heterocycles. The smallest absolute Gasteiger partial charge is 0.257 e. The molecule has 1 aliphatic rings. The Hall–Kier alpha value is -2.66. The Morgan fingerprint density at radius 2 is 2.00 bits per heavy atom. The Morgan fingerprint density at radius 1 is 1.15 bits per heavy atom. The number of hydrogen-bond acceptors (Lipinski definition) is 1. The Balaban J connectivity index is 1.58. The average Bonchev–Trinajstić information content (AvgIpc) is 3.04. The summed E-state index contributed by atoms with van der Waals surface area (Å²) in [5.41, 5.74) is 3.06. The van der Waals surface area contributed by atoms with E-state index in [2.05, 4.69) is 4.98 Å². The Kier molecular flexibility index (Phi) is 4.24. The first-order chi connectivity index (χ1) is 12.5. The van der Waals surface area contributed by atoms with Crippen LogP contribution in [0.4, 0.5) is 8.78 Å². The van der Waals surface area contributed by atoms with Crippen LogP contribution in [-0.4, -0.2) is 28.9 Å². The summed E-state index contributed by atoms with van der Waals surface area (Å²) in [5, 5.41) is 1.70. The first-order valence-electron chi connectivity index (χ1n) is 8.23. The number of hydrogen-bond donors (Lipinski definition) is 1. The van der Waals surface area contributed by atoms with Gasteiger partial charge in [-0.25, -0.2) is 8.78 Å². The standard InChI is InChI=1S/C20H15ClF2N2O/c21-13-1-4-19-16(9-13)17(11-24-19)12-5-7-25(8-6-12)20(26)15-3-2-14(22)10-18(15)23/h1-5,9-11,24H,6-8H2. The summed E-state index contributed by atoms with van der Waals surface area (Å²) in [6.07, 6.45) is 4.55. The van der Waals surface area contributed by atoms with Gasteiger partial charge in [-0.15, -0.1) is 0 Å². The second-order valence-corrected chi connectivity index (χ2v) is 6.68. The number of fused-ring (bicyclic) bond motifs is 1. The van der Waals surface area contributed by atoms with Gasteiger partial charge in [0.2, 0.25) is 0 Å². The molecule has 0 aliphatic carbocycles. The predicted octanol–water partition coefficient (Wildman–Crippen LogP) is 5.03. The summed E-state index contributed by atoms with van der Waals surface area (Å²) in [4.78, 5) is 17.3. The molecule has 3 nitrogen and oxygen atoms in total. The molecule has 0 atom stereocenters.